The Morgan fingerprint density at radius 2 is 1.89 bits per heavy atom. The highest BCUT2D eigenvalue weighted by Gasteiger charge is 2.29. The van der Waals surface area contributed by atoms with E-state index in [1.165, 1.54) is 30.4 Å². The maximum absolute atomic E-state index is 3.64. The maximum Gasteiger partial charge on any atom is 0.0213 e. The van der Waals surface area contributed by atoms with Gasteiger partial charge in [0.15, 0.2) is 0 Å². The first-order chi connectivity index (χ1) is 8.59. The van der Waals surface area contributed by atoms with Crippen molar-refractivity contribution in [3.63, 3.8) is 0 Å². The lowest BCUT2D eigenvalue weighted by Crippen LogP contribution is -2.31. The molecular weight excluding hydrogens is 220 g/mol. The Labute approximate surface area is 111 Å². The van der Waals surface area contributed by atoms with Crippen LogP contribution < -0.4 is 10.6 Å². The minimum Gasteiger partial charge on any atom is -0.310 e. The molecule has 2 N–H and O–H groups in total. The van der Waals surface area contributed by atoms with Gasteiger partial charge in [0.1, 0.15) is 0 Å². The molecule has 100 valence electrons. The summed E-state index contributed by atoms with van der Waals surface area (Å²) >= 11 is 0. The molecule has 1 aromatic rings. The topological polar surface area (TPSA) is 24.1 Å². The van der Waals surface area contributed by atoms with E-state index in [0.29, 0.717) is 11.6 Å². The second-order valence-electron chi connectivity index (χ2n) is 6.11. The fraction of sp³-hybridized carbons (Fsp3) is 0.625. The molecule has 1 atom stereocenters. The van der Waals surface area contributed by atoms with Crippen molar-refractivity contribution in [1.29, 1.82) is 0 Å². The number of benzene rings is 1. The molecule has 18 heavy (non-hydrogen) atoms. The molecule has 0 amide bonds. The third-order valence-corrected chi connectivity index (χ3v) is 3.74. The second-order valence-corrected chi connectivity index (χ2v) is 6.11. The maximum atomic E-state index is 3.64. The summed E-state index contributed by atoms with van der Waals surface area (Å²) < 4.78 is 0. The molecule has 0 aromatic heterocycles. The van der Waals surface area contributed by atoms with Crippen molar-refractivity contribution >= 4 is 0 Å². The Bertz CT molecular complexity index is 367. The Kier molecular flexibility index (Phi) is 4.41. The smallest absolute Gasteiger partial charge is 0.0213 e. The molecule has 2 nitrogen and oxygen atoms in total. The zero-order valence-electron chi connectivity index (χ0n) is 11.9. The van der Waals surface area contributed by atoms with Crippen molar-refractivity contribution in [3.05, 3.63) is 35.4 Å². The fourth-order valence-electron chi connectivity index (χ4n) is 2.68. The van der Waals surface area contributed by atoms with E-state index in [4.69, 9.17) is 0 Å². The van der Waals surface area contributed by atoms with Crippen LogP contribution in [0, 0.1) is 0 Å². The van der Waals surface area contributed by atoms with Crippen LogP contribution >= 0.6 is 0 Å². The molecule has 0 spiro atoms. The van der Waals surface area contributed by atoms with Crippen LogP contribution in [-0.4, -0.2) is 18.1 Å². The molecule has 2 heteroatoms. The predicted octanol–water partition coefficient (Wildman–Crippen LogP) is 2.87. The van der Waals surface area contributed by atoms with Crippen LogP contribution in [0.2, 0.25) is 0 Å². The van der Waals surface area contributed by atoms with Crippen LogP contribution in [0.3, 0.4) is 0 Å². The fourth-order valence-corrected chi connectivity index (χ4v) is 2.68. The molecular formula is C16H26N2. The molecule has 0 aliphatic carbocycles. The number of hydrogen-bond donors (Lipinski definition) is 2. The van der Waals surface area contributed by atoms with Crippen molar-refractivity contribution in [1.82, 2.24) is 10.6 Å². The number of rotatable bonds is 5. The number of hydrogen-bond acceptors (Lipinski definition) is 2. The first kappa shape index (κ1) is 13.6. The van der Waals surface area contributed by atoms with Gasteiger partial charge in [-0.25, -0.2) is 0 Å². The highest BCUT2D eigenvalue weighted by molar-refractivity contribution is 5.22. The van der Waals surface area contributed by atoms with E-state index in [1.807, 2.05) is 0 Å². The van der Waals surface area contributed by atoms with Gasteiger partial charge in [-0.15, -0.1) is 0 Å². The first-order valence-corrected chi connectivity index (χ1v) is 7.15. The van der Waals surface area contributed by atoms with E-state index in [9.17, 15) is 0 Å². The van der Waals surface area contributed by atoms with Crippen LogP contribution in [0.15, 0.2) is 24.3 Å². The van der Waals surface area contributed by atoms with Gasteiger partial charge in [0, 0.05) is 24.7 Å². The molecule has 1 aliphatic heterocycles. The summed E-state index contributed by atoms with van der Waals surface area (Å²) in [5, 5.41) is 7.19. The molecule has 1 heterocycles. The zero-order chi connectivity index (χ0) is 13.0. The third kappa shape index (κ3) is 3.82. The summed E-state index contributed by atoms with van der Waals surface area (Å²) in [6.07, 6.45) is 3.62. The summed E-state index contributed by atoms with van der Waals surface area (Å²) in [5.74, 6) is 0. The normalized spacial score (nSPS) is 22.3. The standard InChI is InChI=1S/C16H26N2/c1-4-5-13-6-8-14(9-7-13)11-17-15-10-16(2,3)18-12-15/h6-9,15,17-18H,4-5,10-12H2,1-3H3. The van der Waals surface area contributed by atoms with Gasteiger partial charge in [0.05, 0.1) is 0 Å². The lowest BCUT2D eigenvalue weighted by Gasteiger charge is -2.17. The van der Waals surface area contributed by atoms with Crippen LogP contribution in [0.4, 0.5) is 0 Å². The molecule has 0 bridgehead atoms. The predicted molar refractivity (Wildman–Crippen MR) is 77.8 cm³/mol. The van der Waals surface area contributed by atoms with Crippen LogP contribution in [-0.2, 0) is 13.0 Å². The molecule has 1 saturated heterocycles. The number of nitrogens with one attached hydrogen (secondary N) is 2. The minimum absolute atomic E-state index is 0.294. The van der Waals surface area contributed by atoms with Gasteiger partial charge in [-0.2, -0.15) is 0 Å². The van der Waals surface area contributed by atoms with Gasteiger partial charge in [-0.1, -0.05) is 37.6 Å². The van der Waals surface area contributed by atoms with Crippen molar-refractivity contribution in [2.24, 2.45) is 0 Å². The Morgan fingerprint density at radius 1 is 1.22 bits per heavy atom. The largest absolute Gasteiger partial charge is 0.310 e. The summed E-state index contributed by atoms with van der Waals surface area (Å²) in [4.78, 5) is 0. The summed E-state index contributed by atoms with van der Waals surface area (Å²) in [7, 11) is 0. The SMILES string of the molecule is CCCc1ccc(CNC2CNC(C)(C)C2)cc1. The molecule has 1 aliphatic rings. The lowest BCUT2D eigenvalue weighted by atomic mass is 10.0. The van der Waals surface area contributed by atoms with E-state index >= 15 is 0 Å². The monoisotopic (exact) mass is 246 g/mol. The van der Waals surface area contributed by atoms with E-state index in [2.05, 4.69) is 55.7 Å². The van der Waals surface area contributed by atoms with Gasteiger partial charge < -0.3 is 10.6 Å². The van der Waals surface area contributed by atoms with Crippen molar-refractivity contribution in [2.45, 2.75) is 58.2 Å². The van der Waals surface area contributed by atoms with Crippen molar-refractivity contribution in [2.75, 3.05) is 6.54 Å². The summed E-state index contributed by atoms with van der Waals surface area (Å²) in [6.45, 7) is 8.84. The van der Waals surface area contributed by atoms with Crippen LogP contribution in [0.25, 0.3) is 0 Å². The van der Waals surface area contributed by atoms with E-state index in [1.54, 1.807) is 0 Å². The lowest BCUT2D eigenvalue weighted by molar-refractivity contribution is 0.442. The first-order valence-electron chi connectivity index (χ1n) is 7.15. The Morgan fingerprint density at radius 3 is 2.44 bits per heavy atom. The summed E-state index contributed by atoms with van der Waals surface area (Å²) in [6, 6.07) is 9.64. The summed E-state index contributed by atoms with van der Waals surface area (Å²) in [5.41, 5.74) is 3.13. The quantitative estimate of drug-likeness (QED) is 0.835. The van der Waals surface area contributed by atoms with E-state index in [-0.39, 0.29) is 0 Å². The molecule has 2 rings (SSSR count). The van der Waals surface area contributed by atoms with E-state index < -0.39 is 0 Å². The zero-order valence-corrected chi connectivity index (χ0v) is 11.9. The molecule has 0 saturated carbocycles. The van der Waals surface area contributed by atoms with Gasteiger partial charge in [-0.3, -0.25) is 0 Å². The molecule has 1 aromatic carbocycles. The molecule has 1 fully saturated rings. The van der Waals surface area contributed by atoms with Gasteiger partial charge in [-0.05, 0) is 37.8 Å². The highest BCUT2D eigenvalue weighted by atomic mass is 15.1. The minimum atomic E-state index is 0.294. The Hall–Kier alpha value is -0.860. The molecule has 1 unspecified atom stereocenters. The molecule has 0 radical (unpaired) electrons. The van der Waals surface area contributed by atoms with Crippen LogP contribution in [0.1, 0.15) is 44.7 Å². The number of aryl methyl sites for hydroxylation is 1. The average molecular weight is 246 g/mol. The van der Waals surface area contributed by atoms with Gasteiger partial charge >= 0.3 is 0 Å². The van der Waals surface area contributed by atoms with Crippen molar-refractivity contribution < 1.29 is 0 Å². The van der Waals surface area contributed by atoms with Crippen molar-refractivity contribution in [3.8, 4) is 0 Å². The Balaban J connectivity index is 1.80. The average Bonchev–Trinajstić information content (AvgIpc) is 2.69. The highest BCUT2D eigenvalue weighted by Crippen LogP contribution is 2.18. The van der Waals surface area contributed by atoms with Gasteiger partial charge in [0.2, 0.25) is 0 Å². The van der Waals surface area contributed by atoms with E-state index in [0.717, 1.165) is 13.1 Å². The van der Waals surface area contributed by atoms with Gasteiger partial charge in [0.25, 0.3) is 0 Å². The third-order valence-electron chi connectivity index (χ3n) is 3.74. The second kappa shape index (κ2) is 5.85. The van der Waals surface area contributed by atoms with Crippen LogP contribution in [0.5, 0.6) is 0 Å².